The summed E-state index contributed by atoms with van der Waals surface area (Å²) in [5.41, 5.74) is 16.7. The summed E-state index contributed by atoms with van der Waals surface area (Å²) in [4.78, 5) is 0. The Labute approximate surface area is 362 Å². The minimum Gasteiger partial charge on any atom is -0.147 e. The third-order valence-corrected chi connectivity index (χ3v) is 19.7. The largest absolute Gasteiger partial charge is 0.147 e. The van der Waals surface area contributed by atoms with Crippen molar-refractivity contribution in [3.8, 4) is 11.1 Å². The van der Waals surface area contributed by atoms with Crippen LogP contribution in [0.3, 0.4) is 0 Å². The van der Waals surface area contributed by atoms with Gasteiger partial charge in [-0.1, -0.05) is 0 Å². The SMILES string of the molecule is CCC1C=C(C(C)(C)C)C=[C]1[Zr](=[C](c1ccccc1)c1ccccc1)[c]1c2c(cc(C(C)(C)C)c1C(C)(C)C)-c1cc(C(C)(C)C)c(C(C)(C)C)cc1C2.Cl.Cl. The molecule has 0 radical (unpaired) electrons. The Morgan fingerprint density at radius 1 is 0.571 bits per heavy atom. The zero-order valence-electron chi connectivity index (χ0n) is 37.5. The van der Waals surface area contributed by atoms with Crippen molar-refractivity contribution < 1.29 is 21.3 Å². The van der Waals surface area contributed by atoms with E-state index in [1.54, 1.807) is 20.9 Å². The van der Waals surface area contributed by atoms with Crippen LogP contribution in [0.1, 0.15) is 162 Å². The van der Waals surface area contributed by atoms with E-state index in [4.69, 9.17) is 0 Å². The average molecular weight is 869 g/mol. The molecule has 0 N–H and O–H groups in total. The second kappa shape index (κ2) is 16.4. The first-order valence-electron chi connectivity index (χ1n) is 20.6. The van der Waals surface area contributed by atoms with Gasteiger partial charge in [0.25, 0.3) is 0 Å². The summed E-state index contributed by atoms with van der Waals surface area (Å²) in [7, 11) is 0. The number of halogens is 2. The third kappa shape index (κ3) is 8.97. The fourth-order valence-electron chi connectivity index (χ4n) is 9.04. The van der Waals surface area contributed by atoms with Gasteiger partial charge in [-0.3, -0.25) is 0 Å². The van der Waals surface area contributed by atoms with Gasteiger partial charge in [0.1, 0.15) is 0 Å². The van der Waals surface area contributed by atoms with Gasteiger partial charge in [-0.05, 0) is 0 Å². The fourth-order valence-corrected chi connectivity index (χ4v) is 18.8. The van der Waals surface area contributed by atoms with Crippen molar-refractivity contribution in [1.29, 1.82) is 0 Å². The summed E-state index contributed by atoms with van der Waals surface area (Å²) in [6, 6.07) is 31.0. The van der Waals surface area contributed by atoms with Crippen LogP contribution < -0.4 is 3.27 Å². The molecule has 0 bridgehead atoms. The maximum absolute atomic E-state index is 3.12. The van der Waals surface area contributed by atoms with Crippen LogP contribution in [-0.4, -0.2) is 3.21 Å². The predicted octanol–water partition coefficient (Wildman–Crippen LogP) is 14.7. The van der Waals surface area contributed by atoms with E-state index in [0.29, 0.717) is 5.92 Å². The molecule has 4 aromatic carbocycles. The van der Waals surface area contributed by atoms with Gasteiger partial charge < -0.3 is 0 Å². The molecule has 0 spiro atoms. The normalized spacial score (nSPS) is 15.6. The molecular weight excluding hydrogens is 799 g/mol. The van der Waals surface area contributed by atoms with Crippen molar-refractivity contribution in [2.75, 3.05) is 0 Å². The van der Waals surface area contributed by atoms with Gasteiger partial charge in [0.2, 0.25) is 0 Å². The van der Waals surface area contributed by atoms with Crippen LogP contribution in [0, 0.1) is 11.3 Å². The first kappa shape index (κ1) is 46.4. The van der Waals surface area contributed by atoms with Crippen LogP contribution in [0.2, 0.25) is 0 Å². The molecule has 3 heteroatoms. The molecule has 0 heterocycles. The topological polar surface area (TPSA) is 0 Å². The van der Waals surface area contributed by atoms with Crippen molar-refractivity contribution in [3.05, 3.63) is 144 Å². The van der Waals surface area contributed by atoms with E-state index in [2.05, 4.69) is 202 Å². The van der Waals surface area contributed by atoms with Crippen LogP contribution >= 0.6 is 24.8 Å². The number of rotatable bonds is 5. The van der Waals surface area contributed by atoms with Crippen LogP contribution in [-0.2, 0) is 49.3 Å². The number of hydrogen-bond donors (Lipinski definition) is 0. The smallest absolute Gasteiger partial charge is 0.147 e. The molecular formula is C53H70Cl2Zr. The van der Waals surface area contributed by atoms with Crippen molar-refractivity contribution in [3.63, 3.8) is 0 Å². The van der Waals surface area contributed by atoms with E-state index in [9.17, 15) is 0 Å². The molecule has 300 valence electrons. The molecule has 1 atom stereocenters. The van der Waals surface area contributed by atoms with E-state index in [-0.39, 0.29) is 51.9 Å². The number of hydrogen-bond acceptors (Lipinski definition) is 0. The maximum atomic E-state index is 2.72. The molecule has 0 nitrogen and oxygen atoms in total. The van der Waals surface area contributed by atoms with Crippen molar-refractivity contribution in [2.45, 2.75) is 145 Å². The molecule has 0 amide bonds. The Kier molecular flexibility index (Phi) is 13.6. The van der Waals surface area contributed by atoms with Gasteiger partial charge in [-0.2, -0.15) is 0 Å². The van der Waals surface area contributed by atoms with Crippen LogP contribution in [0.25, 0.3) is 11.1 Å². The summed E-state index contributed by atoms with van der Waals surface area (Å²) in [5.74, 6) is 0.446. The Balaban J connectivity index is 0.00000348. The van der Waals surface area contributed by atoms with Crippen molar-refractivity contribution in [1.82, 2.24) is 0 Å². The van der Waals surface area contributed by atoms with Gasteiger partial charge >= 0.3 is 340 Å². The number of benzene rings is 4. The second-order valence-corrected chi connectivity index (χ2v) is 27.1. The van der Waals surface area contributed by atoms with Gasteiger partial charge in [0, 0.05) is 0 Å². The molecule has 2 aliphatic carbocycles. The maximum Gasteiger partial charge on any atom is -0.147 e. The zero-order chi connectivity index (χ0) is 39.8. The number of fused-ring (bicyclic) bond motifs is 3. The summed E-state index contributed by atoms with van der Waals surface area (Å²) >= 11 is -3.12. The minimum absolute atomic E-state index is 0. The Hall–Kier alpha value is -2.31. The molecule has 6 rings (SSSR count). The molecule has 0 aliphatic heterocycles. The second-order valence-electron chi connectivity index (χ2n) is 21.4. The fraction of sp³-hybridized carbons (Fsp3) is 0.453. The van der Waals surface area contributed by atoms with Gasteiger partial charge in [-0.25, -0.2) is 0 Å². The predicted molar refractivity (Wildman–Crippen MR) is 249 cm³/mol. The zero-order valence-corrected chi connectivity index (χ0v) is 41.6. The standard InChI is InChI=1S/C29H41.C13H10.C11H17.2ClH.Zr/c1-26(2,3)22-14-18-13-19-15-23(27(4,5)6)25(29(10,11)12)17-21(19)20(18)16-24(22)28(7,8)9;1-3-7-12(8-4-1)11-13-9-5-2-6-10-13;1-5-9-6-7-10(8-9)11(2,3)4;;;/h14,16-17H,13H2,1-12H3;1-10H;7-9H,5H2,1-4H3;2*1H;. The van der Waals surface area contributed by atoms with E-state index < -0.39 is 21.3 Å². The third-order valence-electron chi connectivity index (χ3n) is 11.8. The summed E-state index contributed by atoms with van der Waals surface area (Å²) < 4.78 is 5.11. The van der Waals surface area contributed by atoms with Crippen molar-refractivity contribution in [2.24, 2.45) is 11.3 Å². The number of allylic oxidation sites excluding steroid dienone is 4. The quantitative estimate of drug-likeness (QED) is 0.165. The van der Waals surface area contributed by atoms with Gasteiger partial charge in [-0.15, -0.1) is 24.8 Å². The van der Waals surface area contributed by atoms with Gasteiger partial charge in [0.05, 0.1) is 0 Å². The molecule has 0 fully saturated rings. The van der Waals surface area contributed by atoms with Crippen LogP contribution in [0.15, 0.2) is 99.9 Å². The minimum atomic E-state index is -3.12. The molecule has 56 heavy (non-hydrogen) atoms. The van der Waals surface area contributed by atoms with E-state index >= 15 is 0 Å². The molecule has 0 aromatic heterocycles. The van der Waals surface area contributed by atoms with Crippen LogP contribution in [0.4, 0.5) is 0 Å². The molecule has 0 saturated heterocycles. The first-order chi connectivity index (χ1) is 24.9. The Morgan fingerprint density at radius 2 is 1.04 bits per heavy atom. The van der Waals surface area contributed by atoms with E-state index in [1.165, 1.54) is 50.1 Å². The summed E-state index contributed by atoms with van der Waals surface area (Å²) in [6.07, 6.45) is 7.51. The first-order valence-corrected chi connectivity index (χ1v) is 24.3. The summed E-state index contributed by atoms with van der Waals surface area (Å²) in [6.45, 7) is 38.9. The monoisotopic (exact) mass is 866 g/mol. The molecule has 0 saturated carbocycles. The average Bonchev–Trinajstić information content (AvgIpc) is 3.67. The summed E-state index contributed by atoms with van der Waals surface area (Å²) in [5, 5.41) is 0. The van der Waals surface area contributed by atoms with Gasteiger partial charge in [0.15, 0.2) is 0 Å². The Bertz CT molecular complexity index is 2120. The van der Waals surface area contributed by atoms with E-state index in [0.717, 1.165) is 12.8 Å². The molecule has 1 unspecified atom stereocenters. The molecule has 2 aliphatic rings. The van der Waals surface area contributed by atoms with E-state index in [1.807, 2.05) is 0 Å². The molecule has 4 aromatic rings. The van der Waals surface area contributed by atoms with Crippen molar-refractivity contribution >= 4 is 31.3 Å². The Morgan fingerprint density at radius 3 is 1.46 bits per heavy atom. The van der Waals surface area contributed by atoms with Crippen LogP contribution in [0.5, 0.6) is 0 Å².